The van der Waals surface area contributed by atoms with E-state index in [-0.39, 0.29) is 5.41 Å². The molecule has 0 heterocycles. The summed E-state index contributed by atoms with van der Waals surface area (Å²) in [6.07, 6.45) is 0. The lowest BCUT2D eigenvalue weighted by atomic mass is 9.81. The molecule has 0 bridgehead atoms. The van der Waals surface area contributed by atoms with Crippen LogP contribution < -0.4 is 4.90 Å². The molecule has 1 aliphatic rings. The maximum atomic E-state index is 2.49. The summed E-state index contributed by atoms with van der Waals surface area (Å²) in [7, 11) is 0. The maximum Gasteiger partial charge on any atom is 0.0465 e. The molecule has 0 amide bonds. The summed E-state index contributed by atoms with van der Waals surface area (Å²) < 4.78 is 0. The SMILES string of the molecule is CC1(C)c2cc(N(c3ccc(-c4ccccc4)cc3)c3ccc(-c4ccc(-c5ccccc5)cc4)cc3)ccc2-c2cc3c4ccccc4c4ccccc4c3cc21. The molecule has 0 radical (unpaired) electrons. The van der Waals surface area contributed by atoms with Crippen molar-refractivity contribution in [2.24, 2.45) is 0 Å². The van der Waals surface area contributed by atoms with Crippen LogP contribution in [0.1, 0.15) is 25.0 Å². The van der Waals surface area contributed by atoms with Gasteiger partial charge in [-0.2, -0.15) is 0 Å². The Bertz CT molecular complexity index is 3140. The predicted octanol–water partition coefficient (Wildman–Crippen LogP) is 15.9. The summed E-state index contributed by atoms with van der Waals surface area (Å²) in [4.78, 5) is 2.41. The number of anilines is 3. The highest BCUT2D eigenvalue weighted by molar-refractivity contribution is 6.26. The standard InChI is InChI=1S/C57H41N/c1-57(2)55-35-46(33-34-51(55)54-36-52-49-19-11-9-17-47(49)48-18-10-12-20-50(48)53(52)37-56(54)57)58(44-29-25-42(26-30-44)39-15-7-4-8-16-39)45-31-27-43(28-32-45)41-23-21-40(22-24-41)38-13-5-3-6-14-38/h3-37H,1-2H3. The lowest BCUT2D eigenvalue weighted by molar-refractivity contribution is 0.661. The average molecular weight is 740 g/mol. The van der Waals surface area contributed by atoms with Crippen molar-refractivity contribution < 1.29 is 0 Å². The zero-order valence-electron chi connectivity index (χ0n) is 32.7. The molecule has 11 rings (SSSR count). The van der Waals surface area contributed by atoms with Gasteiger partial charge in [0, 0.05) is 22.5 Å². The fourth-order valence-electron chi connectivity index (χ4n) is 9.43. The topological polar surface area (TPSA) is 3.24 Å². The molecule has 1 heteroatoms. The molecule has 274 valence electrons. The van der Waals surface area contributed by atoms with Gasteiger partial charge < -0.3 is 4.90 Å². The number of fused-ring (bicyclic) bond motifs is 9. The lowest BCUT2D eigenvalue weighted by Crippen LogP contribution is -2.16. The first-order chi connectivity index (χ1) is 28.5. The van der Waals surface area contributed by atoms with E-state index in [0.29, 0.717) is 0 Å². The van der Waals surface area contributed by atoms with Crippen LogP contribution in [-0.4, -0.2) is 0 Å². The third kappa shape index (κ3) is 5.54. The van der Waals surface area contributed by atoms with Crippen LogP contribution in [0, 0.1) is 0 Å². The summed E-state index contributed by atoms with van der Waals surface area (Å²) in [5.41, 5.74) is 15.9. The van der Waals surface area contributed by atoms with Gasteiger partial charge in [0.1, 0.15) is 0 Å². The third-order valence-electron chi connectivity index (χ3n) is 12.5. The van der Waals surface area contributed by atoms with Crippen molar-refractivity contribution in [1.82, 2.24) is 0 Å². The minimum atomic E-state index is -0.194. The van der Waals surface area contributed by atoms with E-state index in [1.54, 1.807) is 0 Å². The largest absolute Gasteiger partial charge is 0.310 e. The molecule has 0 saturated heterocycles. The summed E-state index contributed by atoms with van der Waals surface area (Å²) in [5, 5.41) is 7.88. The van der Waals surface area contributed by atoms with Crippen LogP contribution in [0.5, 0.6) is 0 Å². The van der Waals surface area contributed by atoms with Crippen LogP contribution in [-0.2, 0) is 5.41 Å². The van der Waals surface area contributed by atoms with E-state index in [1.165, 1.54) is 88.0 Å². The average Bonchev–Trinajstić information content (AvgIpc) is 3.51. The molecule has 0 saturated carbocycles. The Morgan fingerprint density at radius 1 is 0.276 bits per heavy atom. The second-order valence-corrected chi connectivity index (χ2v) is 16.1. The summed E-state index contributed by atoms with van der Waals surface area (Å²) in [6.45, 7) is 4.79. The van der Waals surface area contributed by atoms with Gasteiger partial charge in [0.25, 0.3) is 0 Å². The van der Waals surface area contributed by atoms with Crippen molar-refractivity contribution in [2.75, 3.05) is 4.90 Å². The second kappa shape index (κ2) is 13.5. The van der Waals surface area contributed by atoms with E-state index in [9.17, 15) is 0 Å². The van der Waals surface area contributed by atoms with E-state index >= 15 is 0 Å². The fourth-order valence-corrected chi connectivity index (χ4v) is 9.43. The first-order valence-electron chi connectivity index (χ1n) is 20.3. The normalized spacial score (nSPS) is 12.8. The monoisotopic (exact) mass is 739 g/mol. The van der Waals surface area contributed by atoms with Crippen LogP contribution in [0.25, 0.3) is 76.8 Å². The molecule has 0 aliphatic heterocycles. The Kier molecular flexibility index (Phi) is 7.91. The second-order valence-electron chi connectivity index (χ2n) is 16.1. The number of hydrogen-bond acceptors (Lipinski definition) is 1. The van der Waals surface area contributed by atoms with Crippen molar-refractivity contribution in [2.45, 2.75) is 19.3 Å². The molecule has 10 aromatic carbocycles. The van der Waals surface area contributed by atoms with Gasteiger partial charge in [-0.25, -0.2) is 0 Å². The number of nitrogens with zero attached hydrogens (tertiary/aromatic N) is 1. The zero-order valence-corrected chi connectivity index (χ0v) is 32.7. The molecule has 1 nitrogen and oxygen atoms in total. The number of hydrogen-bond donors (Lipinski definition) is 0. The minimum absolute atomic E-state index is 0.194. The third-order valence-corrected chi connectivity index (χ3v) is 12.5. The van der Waals surface area contributed by atoms with Gasteiger partial charge in [-0.15, -0.1) is 0 Å². The Hall–Kier alpha value is -7.22. The molecule has 1 aliphatic carbocycles. The highest BCUT2D eigenvalue weighted by Crippen LogP contribution is 2.53. The van der Waals surface area contributed by atoms with Gasteiger partial charge in [-0.1, -0.05) is 178 Å². The van der Waals surface area contributed by atoms with Crippen molar-refractivity contribution in [3.63, 3.8) is 0 Å². The van der Waals surface area contributed by atoms with Crippen molar-refractivity contribution >= 4 is 49.4 Å². The van der Waals surface area contributed by atoms with Crippen LogP contribution in [0.2, 0.25) is 0 Å². The molecule has 0 aromatic heterocycles. The molecule has 0 spiro atoms. The maximum absolute atomic E-state index is 2.49. The van der Waals surface area contributed by atoms with E-state index in [4.69, 9.17) is 0 Å². The van der Waals surface area contributed by atoms with Crippen molar-refractivity contribution in [3.05, 3.63) is 223 Å². The van der Waals surface area contributed by atoms with Gasteiger partial charge in [0.15, 0.2) is 0 Å². The van der Waals surface area contributed by atoms with Gasteiger partial charge in [0.05, 0.1) is 0 Å². The van der Waals surface area contributed by atoms with Crippen LogP contribution in [0.3, 0.4) is 0 Å². The molecule has 10 aromatic rings. The zero-order chi connectivity index (χ0) is 38.8. The highest BCUT2D eigenvalue weighted by Gasteiger charge is 2.37. The van der Waals surface area contributed by atoms with Gasteiger partial charge in [-0.3, -0.25) is 0 Å². The molecule has 0 atom stereocenters. The van der Waals surface area contributed by atoms with Crippen LogP contribution in [0.4, 0.5) is 17.1 Å². The Morgan fingerprint density at radius 2 is 0.621 bits per heavy atom. The Labute approximate surface area is 340 Å². The van der Waals surface area contributed by atoms with E-state index < -0.39 is 0 Å². The summed E-state index contributed by atoms with van der Waals surface area (Å²) in [5.74, 6) is 0. The molecule has 0 unspecified atom stereocenters. The molecule has 0 fully saturated rings. The minimum Gasteiger partial charge on any atom is -0.310 e. The van der Waals surface area contributed by atoms with Gasteiger partial charge in [-0.05, 0) is 136 Å². The predicted molar refractivity (Wildman–Crippen MR) is 248 cm³/mol. The number of rotatable bonds is 6. The fraction of sp³-hybridized carbons (Fsp3) is 0.0526. The molecular formula is C57H41N. The van der Waals surface area contributed by atoms with Crippen molar-refractivity contribution in [1.29, 1.82) is 0 Å². The van der Waals surface area contributed by atoms with E-state index in [0.717, 1.165) is 17.1 Å². The van der Waals surface area contributed by atoms with Gasteiger partial charge >= 0.3 is 0 Å². The first-order valence-corrected chi connectivity index (χ1v) is 20.3. The van der Waals surface area contributed by atoms with Crippen LogP contribution >= 0.6 is 0 Å². The number of benzene rings is 10. The Balaban J connectivity index is 1.02. The quantitative estimate of drug-likeness (QED) is 0.154. The van der Waals surface area contributed by atoms with Crippen molar-refractivity contribution in [3.8, 4) is 44.5 Å². The van der Waals surface area contributed by atoms with E-state index in [2.05, 4.69) is 231 Å². The molecular weight excluding hydrogens is 699 g/mol. The first kappa shape index (κ1) is 34.1. The van der Waals surface area contributed by atoms with E-state index in [1.807, 2.05) is 0 Å². The molecule has 0 N–H and O–H groups in total. The molecule has 58 heavy (non-hydrogen) atoms. The Morgan fingerprint density at radius 3 is 1.09 bits per heavy atom. The highest BCUT2D eigenvalue weighted by atomic mass is 15.1. The lowest BCUT2D eigenvalue weighted by Gasteiger charge is -2.28. The summed E-state index contributed by atoms with van der Waals surface area (Å²) in [6, 6.07) is 78.0. The smallest absolute Gasteiger partial charge is 0.0465 e. The summed E-state index contributed by atoms with van der Waals surface area (Å²) >= 11 is 0. The van der Waals surface area contributed by atoms with Gasteiger partial charge in [0.2, 0.25) is 0 Å². The van der Waals surface area contributed by atoms with Crippen LogP contribution in [0.15, 0.2) is 212 Å².